The number of nitrogens with zero attached hydrogens (tertiary/aromatic N) is 1. The van der Waals surface area contributed by atoms with Gasteiger partial charge in [0.05, 0.1) is 5.71 Å². The number of nitrogens with one attached hydrogen (secondary N) is 3. The minimum Gasteiger partial charge on any atom is -0.373 e. The number of benzene rings is 1. The number of halogens is 2. The number of rotatable bonds is 9. The summed E-state index contributed by atoms with van der Waals surface area (Å²) in [5.41, 5.74) is 3.35. The molecule has 0 saturated carbocycles. The largest absolute Gasteiger partial charge is 0.373 e. The Kier molecular flexibility index (Phi) is 8.53. The van der Waals surface area contributed by atoms with E-state index >= 15 is 0 Å². The van der Waals surface area contributed by atoms with Crippen molar-refractivity contribution in [2.24, 2.45) is 4.99 Å². The predicted octanol–water partition coefficient (Wildman–Crippen LogP) is 4.76. The third-order valence-corrected chi connectivity index (χ3v) is 3.53. The molecule has 0 atom stereocenters. The van der Waals surface area contributed by atoms with Gasteiger partial charge in [-0.15, -0.1) is 0 Å². The SMILES string of the molecule is CC\C=C(/N=C(C)\C(C=N)=C(/C)Nc1cccc(CC(F)F)c1)NC. The third kappa shape index (κ3) is 6.87. The highest BCUT2D eigenvalue weighted by molar-refractivity contribution is 6.15. The monoisotopic (exact) mass is 348 g/mol. The van der Waals surface area contributed by atoms with E-state index in [4.69, 9.17) is 5.41 Å². The highest BCUT2D eigenvalue weighted by Crippen LogP contribution is 2.17. The van der Waals surface area contributed by atoms with Crippen LogP contribution in [0.4, 0.5) is 14.5 Å². The Balaban J connectivity index is 3.07. The second-order valence-corrected chi connectivity index (χ2v) is 5.55. The molecule has 25 heavy (non-hydrogen) atoms. The van der Waals surface area contributed by atoms with Crippen LogP contribution in [0.2, 0.25) is 0 Å². The molecule has 0 aliphatic heterocycles. The highest BCUT2D eigenvalue weighted by Gasteiger charge is 2.08. The van der Waals surface area contributed by atoms with Gasteiger partial charge < -0.3 is 16.0 Å². The summed E-state index contributed by atoms with van der Waals surface area (Å²) in [5, 5.41) is 13.9. The van der Waals surface area contributed by atoms with Crippen molar-refractivity contribution < 1.29 is 8.78 Å². The number of alkyl halides is 2. The van der Waals surface area contributed by atoms with Crippen LogP contribution in [0.5, 0.6) is 0 Å². The van der Waals surface area contributed by atoms with Gasteiger partial charge in [-0.3, -0.25) is 0 Å². The zero-order chi connectivity index (χ0) is 18.8. The Morgan fingerprint density at radius 1 is 1.32 bits per heavy atom. The van der Waals surface area contributed by atoms with Gasteiger partial charge in [0.2, 0.25) is 6.43 Å². The van der Waals surface area contributed by atoms with E-state index in [0.29, 0.717) is 22.5 Å². The zero-order valence-electron chi connectivity index (χ0n) is 15.2. The molecule has 1 aromatic rings. The van der Waals surface area contributed by atoms with Gasteiger partial charge in [0.15, 0.2) is 0 Å². The maximum atomic E-state index is 12.5. The zero-order valence-corrected chi connectivity index (χ0v) is 15.2. The van der Waals surface area contributed by atoms with Crippen molar-refractivity contribution in [3.8, 4) is 0 Å². The van der Waals surface area contributed by atoms with Crippen molar-refractivity contribution in [3.63, 3.8) is 0 Å². The summed E-state index contributed by atoms with van der Waals surface area (Å²) in [6.45, 7) is 5.69. The van der Waals surface area contributed by atoms with E-state index in [-0.39, 0.29) is 6.42 Å². The quantitative estimate of drug-likeness (QED) is 0.563. The van der Waals surface area contributed by atoms with Crippen molar-refractivity contribution in [3.05, 3.63) is 53.0 Å². The number of hydrogen-bond donors (Lipinski definition) is 3. The fourth-order valence-electron chi connectivity index (χ4n) is 2.36. The molecule has 0 fully saturated rings. The molecule has 0 heterocycles. The van der Waals surface area contributed by atoms with E-state index in [9.17, 15) is 8.78 Å². The number of allylic oxidation sites excluding steroid dienone is 3. The smallest absolute Gasteiger partial charge is 0.242 e. The first-order valence-electron chi connectivity index (χ1n) is 8.20. The summed E-state index contributed by atoms with van der Waals surface area (Å²) in [6, 6.07) is 6.92. The van der Waals surface area contributed by atoms with E-state index in [1.807, 2.05) is 32.9 Å². The van der Waals surface area contributed by atoms with E-state index in [1.165, 1.54) is 6.21 Å². The fourth-order valence-corrected chi connectivity index (χ4v) is 2.36. The Labute approximate surface area is 148 Å². The van der Waals surface area contributed by atoms with E-state index in [0.717, 1.165) is 17.9 Å². The Morgan fingerprint density at radius 3 is 2.60 bits per heavy atom. The summed E-state index contributed by atoms with van der Waals surface area (Å²) >= 11 is 0. The van der Waals surface area contributed by atoms with E-state index in [1.54, 1.807) is 25.2 Å². The first kappa shape index (κ1) is 20.5. The van der Waals surface area contributed by atoms with Crippen LogP contribution in [0.3, 0.4) is 0 Å². The van der Waals surface area contributed by atoms with Crippen molar-refractivity contribution in [2.45, 2.75) is 40.0 Å². The van der Waals surface area contributed by atoms with Gasteiger partial charge in [-0.1, -0.05) is 19.1 Å². The molecule has 3 N–H and O–H groups in total. The normalized spacial score (nSPS) is 13.6. The summed E-state index contributed by atoms with van der Waals surface area (Å²) in [4.78, 5) is 4.49. The van der Waals surface area contributed by atoms with Crippen LogP contribution < -0.4 is 10.6 Å². The standard InChI is InChI=1S/C19H26F2N4/c1-5-7-19(23-4)25-14(3)17(12-22)13(2)24-16-9-6-8-15(10-16)11-18(20)21/h6-10,12,18,22-24H,5,11H2,1-4H3/b17-13+,19-7-,22-12?,25-14-. The van der Waals surface area contributed by atoms with Crippen molar-refractivity contribution in [1.82, 2.24) is 5.32 Å². The molecule has 0 amide bonds. The maximum absolute atomic E-state index is 12.5. The van der Waals surface area contributed by atoms with Gasteiger partial charge in [0, 0.05) is 36.6 Å². The first-order chi connectivity index (χ1) is 11.9. The van der Waals surface area contributed by atoms with Crippen molar-refractivity contribution in [2.75, 3.05) is 12.4 Å². The average Bonchev–Trinajstić information content (AvgIpc) is 2.54. The van der Waals surface area contributed by atoms with Crippen molar-refractivity contribution >= 4 is 17.6 Å². The maximum Gasteiger partial charge on any atom is 0.242 e. The molecule has 0 aromatic heterocycles. The van der Waals surface area contributed by atoms with Crippen LogP contribution >= 0.6 is 0 Å². The molecule has 0 bridgehead atoms. The minimum atomic E-state index is -2.37. The molecular weight excluding hydrogens is 322 g/mol. The Bertz CT molecular complexity index is 676. The highest BCUT2D eigenvalue weighted by atomic mass is 19.3. The summed E-state index contributed by atoms with van der Waals surface area (Å²) in [6.07, 6.45) is 1.41. The van der Waals surface area contributed by atoms with Crippen LogP contribution in [0.1, 0.15) is 32.8 Å². The molecule has 0 unspecified atom stereocenters. The molecule has 0 spiro atoms. The predicted molar refractivity (Wildman–Crippen MR) is 102 cm³/mol. The van der Waals surface area contributed by atoms with Crippen LogP contribution in [0.15, 0.2) is 52.4 Å². The molecule has 136 valence electrons. The Morgan fingerprint density at radius 2 is 2.04 bits per heavy atom. The molecule has 0 aliphatic carbocycles. The number of aliphatic imine (C=N–C) groups is 1. The lowest BCUT2D eigenvalue weighted by molar-refractivity contribution is 0.149. The van der Waals surface area contributed by atoms with Gasteiger partial charge >= 0.3 is 0 Å². The van der Waals surface area contributed by atoms with Crippen LogP contribution in [0.25, 0.3) is 0 Å². The summed E-state index contributed by atoms with van der Waals surface area (Å²) < 4.78 is 25.1. The summed E-state index contributed by atoms with van der Waals surface area (Å²) in [7, 11) is 1.80. The minimum absolute atomic E-state index is 0.274. The molecule has 0 aliphatic rings. The fraction of sp³-hybridized carbons (Fsp3) is 0.368. The lowest BCUT2D eigenvalue weighted by Crippen LogP contribution is -2.11. The average molecular weight is 348 g/mol. The number of anilines is 1. The van der Waals surface area contributed by atoms with Crippen LogP contribution in [-0.4, -0.2) is 25.4 Å². The molecule has 0 radical (unpaired) electrons. The topological polar surface area (TPSA) is 60.3 Å². The molecule has 6 heteroatoms. The lowest BCUT2D eigenvalue weighted by Gasteiger charge is -2.13. The molecule has 1 aromatic carbocycles. The summed E-state index contributed by atoms with van der Waals surface area (Å²) in [5.74, 6) is 0.742. The molecule has 4 nitrogen and oxygen atoms in total. The second-order valence-electron chi connectivity index (χ2n) is 5.55. The van der Waals surface area contributed by atoms with Crippen molar-refractivity contribution in [1.29, 1.82) is 5.41 Å². The Hall–Kier alpha value is -2.50. The lowest BCUT2D eigenvalue weighted by atomic mass is 10.1. The number of hydrogen-bond acceptors (Lipinski definition) is 4. The molecular formula is C19H26F2N4. The van der Waals surface area contributed by atoms with E-state index < -0.39 is 6.43 Å². The first-order valence-corrected chi connectivity index (χ1v) is 8.20. The molecule has 0 saturated heterocycles. The van der Waals surface area contributed by atoms with Gasteiger partial charge in [0.1, 0.15) is 5.82 Å². The van der Waals surface area contributed by atoms with E-state index in [2.05, 4.69) is 15.6 Å². The third-order valence-electron chi connectivity index (χ3n) is 3.53. The van der Waals surface area contributed by atoms with Crippen LogP contribution in [0, 0.1) is 5.41 Å². The molecule has 1 rings (SSSR count). The van der Waals surface area contributed by atoms with Gasteiger partial charge in [0.25, 0.3) is 0 Å². The van der Waals surface area contributed by atoms with Crippen LogP contribution in [-0.2, 0) is 6.42 Å². The second kappa shape index (κ2) is 10.4. The van der Waals surface area contributed by atoms with Gasteiger partial charge in [-0.2, -0.15) is 0 Å². The van der Waals surface area contributed by atoms with Gasteiger partial charge in [-0.05, 0) is 44.0 Å². The van der Waals surface area contributed by atoms with Gasteiger partial charge in [-0.25, -0.2) is 13.8 Å².